The second kappa shape index (κ2) is 14.8. The molecule has 230 valence electrons. The Morgan fingerprint density at radius 1 is 1.02 bits per heavy atom. The molecular weight excluding hydrogens is 564 g/mol. The fourth-order valence-electron chi connectivity index (χ4n) is 5.68. The fraction of sp³-hybridized carbons (Fsp3) is 0.412. The molecule has 1 aliphatic rings. The molecule has 0 radical (unpaired) electrons. The zero-order chi connectivity index (χ0) is 31.0. The number of likely N-dealkylation sites (tertiary alicyclic amines) is 1. The van der Waals surface area contributed by atoms with Crippen molar-refractivity contribution in [3.63, 3.8) is 0 Å². The Kier molecular flexibility index (Phi) is 11.1. The van der Waals surface area contributed by atoms with Crippen LogP contribution in [0.5, 0.6) is 0 Å². The van der Waals surface area contributed by atoms with Crippen LogP contribution >= 0.6 is 0 Å². The third-order valence-corrected chi connectivity index (χ3v) is 9.12. The molecule has 0 bridgehead atoms. The molecule has 1 amide bonds. The lowest BCUT2D eigenvalue weighted by molar-refractivity contribution is -0.139. The maximum absolute atomic E-state index is 13.5. The van der Waals surface area contributed by atoms with Gasteiger partial charge in [-0.1, -0.05) is 74.0 Å². The highest BCUT2D eigenvalue weighted by molar-refractivity contribution is 7.90. The van der Waals surface area contributed by atoms with Crippen molar-refractivity contribution in [2.24, 2.45) is 5.92 Å². The first-order valence-corrected chi connectivity index (χ1v) is 16.9. The number of aryl methyl sites for hydroxylation is 1. The molecule has 4 rings (SSSR count). The van der Waals surface area contributed by atoms with Gasteiger partial charge in [0.05, 0.1) is 19.0 Å². The van der Waals surface area contributed by atoms with Crippen molar-refractivity contribution in [1.82, 2.24) is 10.2 Å². The van der Waals surface area contributed by atoms with Crippen LogP contribution in [0.4, 0.5) is 0 Å². The Bertz CT molecular complexity index is 1510. The van der Waals surface area contributed by atoms with E-state index >= 15 is 0 Å². The summed E-state index contributed by atoms with van der Waals surface area (Å²) in [5.41, 5.74) is 5.12. The third-order valence-electron chi connectivity index (χ3n) is 8.14. The number of nitrogens with one attached hydrogen (secondary N) is 1. The van der Waals surface area contributed by atoms with Crippen LogP contribution < -0.4 is 5.32 Å². The van der Waals surface area contributed by atoms with E-state index in [4.69, 9.17) is 4.74 Å². The Morgan fingerprint density at radius 2 is 1.74 bits per heavy atom. The monoisotopic (exact) mass is 606 g/mol. The number of carbonyl (C=O) groups is 2. The van der Waals surface area contributed by atoms with Gasteiger partial charge in [-0.25, -0.2) is 13.2 Å². The summed E-state index contributed by atoms with van der Waals surface area (Å²) >= 11 is 0. The highest BCUT2D eigenvalue weighted by atomic mass is 32.2. The van der Waals surface area contributed by atoms with Gasteiger partial charge in [-0.05, 0) is 65.6 Å². The average molecular weight is 607 g/mol. The van der Waals surface area contributed by atoms with Crippen LogP contribution in [0, 0.1) is 12.8 Å². The summed E-state index contributed by atoms with van der Waals surface area (Å²) in [5, 5.41) is 12.2. The Labute approximate surface area is 255 Å². The molecule has 3 aromatic carbocycles. The fourth-order valence-corrected chi connectivity index (χ4v) is 6.35. The van der Waals surface area contributed by atoms with E-state index in [1.807, 2.05) is 61.5 Å². The van der Waals surface area contributed by atoms with Gasteiger partial charge in [0.1, 0.15) is 15.9 Å². The molecule has 1 saturated heterocycles. The number of nitrogens with zero attached hydrogens (tertiary/aromatic N) is 1. The number of benzene rings is 3. The van der Waals surface area contributed by atoms with Crippen molar-refractivity contribution < 1.29 is 27.9 Å². The van der Waals surface area contributed by atoms with Crippen molar-refractivity contribution in [1.29, 1.82) is 0 Å². The molecule has 1 aliphatic heterocycles. The van der Waals surface area contributed by atoms with E-state index in [1.54, 1.807) is 6.07 Å². The summed E-state index contributed by atoms with van der Waals surface area (Å²) in [6, 6.07) is 22.6. The number of rotatable bonds is 14. The standard InChI is InChI=1S/C34H42N2O6S/c1-4-25-18-28(23-42-22-26-11-6-5-7-12-26)36(20-25)21-27-14-15-30(31(19-27)29-13-9-8-10-24(29)2)33(37)35-32(34(38)39)16-17-43(3,40)41/h5-15,19,25,28,32H,4,16-18,20-23H2,1-3H3,(H,35,37)(H,38,39). The molecule has 3 atom stereocenters. The minimum Gasteiger partial charge on any atom is -0.480 e. The molecule has 43 heavy (non-hydrogen) atoms. The quantitative estimate of drug-likeness (QED) is 0.263. The largest absolute Gasteiger partial charge is 0.480 e. The molecule has 0 aliphatic carbocycles. The van der Waals surface area contributed by atoms with Crippen LogP contribution in [-0.4, -0.2) is 67.5 Å². The van der Waals surface area contributed by atoms with E-state index in [-0.39, 0.29) is 18.2 Å². The summed E-state index contributed by atoms with van der Waals surface area (Å²) in [6.45, 7) is 7.08. The van der Waals surface area contributed by atoms with Crippen molar-refractivity contribution >= 4 is 21.7 Å². The van der Waals surface area contributed by atoms with E-state index in [1.165, 1.54) is 0 Å². The normalized spacial score (nSPS) is 17.9. The predicted molar refractivity (Wildman–Crippen MR) is 169 cm³/mol. The number of hydrogen-bond acceptors (Lipinski definition) is 6. The van der Waals surface area contributed by atoms with E-state index in [0.29, 0.717) is 36.8 Å². The second-order valence-corrected chi connectivity index (χ2v) is 13.8. The van der Waals surface area contributed by atoms with E-state index in [9.17, 15) is 23.1 Å². The Balaban J connectivity index is 1.56. The molecule has 2 N–H and O–H groups in total. The number of aliphatic carboxylic acids is 1. The van der Waals surface area contributed by atoms with Crippen LogP contribution in [0.3, 0.4) is 0 Å². The van der Waals surface area contributed by atoms with Crippen molar-refractivity contribution in [2.75, 3.05) is 25.2 Å². The van der Waals surface area contributed by atoms with Gasteiger partial charge in [0, 0.05) is 31.0 Å². The van der Waals surface area contributed by atoms with E-state index in [0.717, 1.165) is 47.9 Å². The molecule has 9 heteroatoms. The zero-order valence-electron chi connectivity index (χ0n) is 25.2. The Morgan fingerprint density at radius 3 is 2.42 bits per heavy atom. The first-order valence-electron chi connectivity index (χ1n) is 14.8. The SMILES string of the molecule is CCC1CC(COCc2ccccc2)N(Cc2ccc(C(=O)NC(CCS(C)(=O)=O)C(=O)O)c(-c3ccccc3C)c2)C1. The number of sulfone groups is 1. The van der Waals surface area contributed by atoms with Gasteiger partial charge in [-0.2, -0.15) is 0 Å². The number of amides is 1. The smallest absolute Gasteiger partial charge is 0.326 e. The lowest BCUT2D eigenvalue weighted by Crippen LogP contribution is -2.42. The molecule has 0 spiro atoms. The summed E-state index contributed by atoms with van der Waals surface area (Å²) in [7, 11) is -3.39. The van der Waals surface area contributed by atoms with Crippen LogP contribution in [-0.2, 0) is 32.5 Å². The topological polar surface area (TPSA) is 113 Å². The second-order valence-electron chi connectivity index (χ2n) is 11.6. The molecular formula is C34H42N2O6S. The summed E-state index contributed by atoms with van der Waals surface area (Å²) in [6.07, 6.45) is 3.01. The highest BCUT2D eigenvalue weighted by Gasteiger charge is 2.31. The molecule has 3 aromatic rings. The maximum atomic E-state index is 13.5. The van der Waals surface area contributed by atoms with Crippen LogP contribution in [0.1, 0.15) is 53.2 Å². The lowest BCUT2D eigenvalue weighted by Gasteiger charge is -2.25. The van der Waals surface area contributed by atoms with Crippen molar-refractivity contribution in [3.05, 3.63) is 95.1 Å². The molecule has 0 saturated carbocycles. The molecule has 1 heterocycles. The van der Waals surface area contributed by atoms with Gasteiger partial charge in [0.2, 0.25) is 0 Å². The van der Waals surface area contributed by atoms with Crippen LogP contribution in [0.25, 0.3) is 11.1 Å². The van der Waals surface area contributed by atoms with Crippen LogP contribution in [0.2, 0.25) is 0 Å². The van der Waals surface area contributed by atoms with E-state index in [2.05, 4.69) is 29.3 Å². The zero-order valence-corrected chi connectivity index (χ0v) is 26.0. The number of hydrogen-bond donors (Lipinski definition) is 2. The molecule has 0 aromatic heterocycles. The van der Waals surface area contributed by atoms with Crippen molar-refractivity contribution in [3.8, 4) is 11.1 Å². The average Bonchev–Trinajstić information content (AvgIpc) is 3.36. The lowest BCUT2D eigenvalue weighted by atomic mass is 9.93. The summed E-state index contributed by atoms with van der Waals surface area (Å²) in [5.74, 6) is -1.57. The number of ether oxygens (including phenoxy) is 1. The van der Waals surface area contributed by atoms with Gasteiger partial charge in [0.15, 0.2) is 0 Å². The van der Waals surface area contributed by atoms with Gasteiger partial charge in [-0.3, -0.25) is 9.69 Å². The number of carboxylic acids is 1. The van der Waals surface area contributed by atoms with E-state index < -0.39 is 27.8 Å². The first kappa shape index (κ1) is 32.4. The summed E-state index contributed by atoms with van der Waals surface area (Å²) < 4.78 is 29.4. The first-order chi connectivity index (χ1) is 20.5. The summed E-state index contributed by atoms with van der Waals surface area (Å²) in [4.78, 5) is 27.8. The number of carbonyl (C=O) groups excluding carboxylic acids is 1. The minimum absolute atomic E-state index is 0.209. The predicted octanol–water partition coefficient (Wildman–Crippen LogP) is 5.10. The third kappa shape index (κ3) is 9.23. The van der Waals surface area contributed by atoms with Crippen LogP contribution in [0.15, 0.2) is 72.8 Å². The van der Waals surface area contributed by atoms with Gasteiger partial charge >= 0.3 is 5.97 Å². The number of carboxylic acid groups (broad SMARTS) is 1. The highest BCUT2D eigenvalue weighted by Crippen LogP contribution is 2.31. The molecule has 1 fully saturated rings. The molecule has 3 unspecified atom stereocenters. The van der Waals surface area contributed by atoms with Crippen molar-refractivity contribution in [2.45, 2.75) is 58.3 Å². The maximum Gasteiger partial charge on any atom is 0.326 e. The Hall–Kier alpha value is -3.53. The molecule has 8 nitrogen and oxygen atoms in total. The minimum atomic E-state index is -3.39. The van der Waals surface area contributed by atoms with Gasteiger partial charge in [-0.15, -0.1) is 0 Å². The van der Waals surface area contributed by atoms with Gasteiger partial charge in [0.25, 0.3) is 5.91 Å². The van der Waals surface area contributed by atoms with Gasteiger partial charge < -0.3 is 15.2 Å².